The van der Waals surface area contributed by atoms with Crippen LogP contribution in [0.4, 0.5) is 14.5 Å². The summed E-state index contributed by atoms with van der Waals surface area (Å²) >= 11 is 0. The van der Waals surface area contributed by atoms with Gasteiger partial charge in [-0.3, -0.25) is 0 Å². The maximum Gasteiger partial charge on any atom is 0.192 e. The molecule has 0 aliphatic carbocycles. The van der Waals surface area contributed by atoms with Crippen LogP contribution in [0.25, 0.3) is 0 Å². The van der Waals surface area contributed by atoms with Crippen LogP contribution in [0.3, 0.4) is 0 Å². The van der Waals surface area contributed by atoms with Crippen LogP contribution in [0.15, 0.2) is 41.6 Å². The zero-order valence-electron chi connectivity index (χ0n) is 10.6. The minimum atomic E-state index is -3.35. The van der Waals surface area contributed by atoms with Gasteiger partial charge in [-0.05, 0) is 30.3 Å². The van der Waals surface area contributed by atoms with Crippen molar-refractivity contribution >= 4 is 15.5 Å². The monoisotopic (exact) mass is 298 g/mol. The molecule has 1 N–H and O–H groups in total. The fraction of sp³-hybridized carbons (Fsp3) is 0.154. The van der Waals surface area contributed by atoms with Crippen molar-refractivity contribution in [2.45, 2.75) is 11.6 Å². The van der Waals surface area contributed by atoms with Crippen molar-refractivity contribution < 1.29 is 17.2 Å². The quantitative estimate of drug-likeness (QED) is 0.941. The molecule has 7 heteroatoms. The van der Waals surface area contributed by atoms with Gasteiger partial charge in [0.25, 0.3) is 0 Å². The van der Waals surface area contributed by atoms with Gasteiger partial charge in [-0.15, -0.1) is 0 Å². The first-order valence-electron chi connectivity index (χ1n) is 5.70. The van der Waals surface area contributed by atoms with Gasteiger partial charge in [-0.1, -0.05) is 0 Å². The molecule has 1 heterocycles. The number of hydrogen-bond donors (Lipinski definition) is 1. The summed E-state index contributed by atoms with van der Waals surface area (Å²) in [5, 5.41) is 2.80. The number of benzene rings is 1. The second-order valence-corrected chi connectivity index (χ2v) is 6.21. The molecular weight excluding hydrogens is 286 g/mol. The number of nitrogens with zero attached hydrogens (tertiary/aromatic N) is 1. The third-order valence-electron chi connectivity index (χ3n) is 2.61. The molecule has 0 aliphatic heterocycles. The third-order valence-corrected chi connectivity index (χ3v) is 3.61. The fourth-order valence-electron chi connectivity index (χ4n) is 1.58. The minimum absolute atomic E-state index is 0.0417. The molecule has 4 nitrogen and oxygen atoms in total. The fourth-order valence-corrected chi connectivity index (χ4v) is 2.14. The highest BCUT2D eigenvalue weighted by atomic mass is 32.2. The van der Waals surface area contributed by atoms with Crippen molar-refractivity contribution in [3.8, 4) is 0 Å². The molecule has 0 fully saturated rings. The predicted molar refractivity (Wildman–Crippen MR) is 71.0 cm³/mol. The highest BCUT2D eigenvalue weighted by Gasteiger charge is 2.08. The van der Waals surface area contributed by atoms with Gasteiger partial charge >= 0.3 is 0 Å². The molecule has 0 spiro atoms. The largest absolute Gasteiger partial charge is 0.380 e. The number of anilines is 1. The van der Waals surface area contributed by atoms with Gasteiger partial charge in [0.1, 0.15) is 11.6 Å². The third kappa shape index (κ3) is 3.51. The standard InChI is InChI=1S/C13H12F2N2O2S/c1-20(18,19)13-5-3-11(8-17-13)16-7-9-6-10(14)2-4-12(9)15/h2-6,8,16H,7H2,1H3. The first kappa shape index (κ1) is 14.4. The molecule has 20 heavy (non-hydrogen) atoms. The molecule has 1 aromatic carbocycles. The Balaban J connectivity index is 2.10. The van der Waals surface area contributed by atoms with E-state index in [0.29, 0.717) is 5.69 Å². The Labute approximate surface area is 115 Å². The van der Waals surface area contributed by atoms with Crippen LogP contribution in [0, 0.1) is 11.6 Å². The van der Waals surface area contributed by atoms with E-state index < -0.39 is 21.5 Å². The van der Waals surface area contributed by atoms with E-state index in [1.54, 1.807) is 0 Å². The zero-order valence-corrected chi connectivity index (χ0v) is 11.4. The van der Waals surface area contributed by atoms with Crippen LogP contribution in [0.2, 0.25) is 0 Å². The topological polar surface area (TPSA) is 59.1 Å². The molecule has 0 atom stereocenters. The van der Waals surface area contributed by atoms with Crippen LogP contribution < -0.4 is 5.32 Å². The number of halogens is 2. The summed E-state index contributed by atoms with van der Waals surface area (Å²) in [5.41, 5.74) is 0.693. The highest BCUT2D eigenvalue weighted by molar-refractivity contribution is 7.90. The van der Waals surface area contributed by atoms with E-state index in [-0.39, 0.29) is 17.1 Å². The summed E-state index contributed by atoms with van der Waals surface area (Å²) in [4.78, 5) is 3.78. The van der Waals surface area contributed by atoms with Crippen molar-refractivity contribution in [2.24, 2.45) is 0 Å². The lowest BCUT2D eigenvalue weighted by atomic mass is 10.2. The first-order chi connectivity index (χ1) is 9.36. The highest BCUT2D eigenvalue weighted by Crippen LogP contribution is 2.14. The lowest BCUT2D eigenvalue weighted by Crippen LogP contribution is -2.04. The van der Waals surface area contributed by atoms with Crippen LogP contribution >= 0.6 is 0 Å². The number of pyridine rings is 1. The number of hydrogen-bond acceptors (Lipinski definition) is 4. The summed E-state index contributed by atoms with van der Waals surface area (Å²) in [7, 11) is -3.35. The minimum Gasteiger partial charge on any atom is -0.380 e. The first-order valence-corrected chi connectivity index (χ1v) is 7.59. The second-order valence-electron chi connectivity index (χ2n) is 4.25. The van der Waals surface area contributed by atoms with Crippen molar-refractivity contribution in [2.75, 3.05) is 11.6 Å². The van der Waals surface area contributed by atoms with Gasteiger partial charge < -0.3 is 5.32 Å². The van der Waals surface area contributed by atoms with E-state index in [4.69, 9.17) is 0 Å². The Morgan fingerprint density at radius 2 is 1.95 bits per heavy atom. The Hall–Kier alpha value is -2.02. The number of sulfone groups is 1. The second kappa shape index (κ2) is 5.54. The molecule has 1 aromatic heterocycles. The Kier molecular flexibility index (Phi) is 3.99. The van der Waals surface area contributed by atoms with Gasteiger partial charge in [0.15, 0.2) is 14.9 Å². The SMILES string of the molecule is CS(=O)(=O)c1ccc(NCc2cc(F)ccc2F)cn1. The molecule has 0 saturated carbocycles. The summed E-state index contributed by atoms with van der Waals surface area (Å²) < 4.78 is 48.8. The van der Waals surface area contributed by atoms with Crippen LogP contribution in [-0.2, 0) is 16.4 Å². The average molecular weight is 298 g/mol. The zero-order chi connectivity index (χ0) is 14.8. The van der Waals surface area contributed by atoms with E-state index >= 15 is 0 Å². The Bertz CT molecular complexity index is 716. The van der Waals surface area contributed by atoms with Crippen molar-refractivity contribution in [3.05, 3.63) is 53.7 Å². The molecule has 0 radical (unpaired) electrons. The lowest BCUT2D eigenvalue weighted by molar-refractivity contribution is 0.587. The maximum absolute atomic E-state index is 13.4. The average Bonchev–Trinajstić information content (AvgIpc) is 2.39. The number of rotatable bonds is 4. The predicted octanol–water partition coefficient (Wildman–Crippen LogP) is 2.38. The molecule has 0 saturated heterocycles. The lowest BCUT2D eigenvalue weighted by Gasteiger charge is -2.07. The van der Waals surface area contributed by atoms with Crippen LogP contribution in [-0.4, -0.2) is 19.7 Å². The van der Waals surface area contributed by atoms with E-state index in [9.17, 15) is 17.2 Å². The normalized spacial score (nSPS) is 11.3. The molecular formula is C13H12F2N2O2S. The Morgan fingerprint density at radius 3 is 2.55 bits per heavy atom. The van der Waals surface area contributed by atoms with Crippen molar-refractivity contribution in [1.29, 1.82) is 0 Å². The molecule has 106 valence electrons. The summed E-state index contributed by atoms with van der Waals surface area (Å²) in [5.74, 6) is -1.03. The molecule has 2 rings (SSSR count). The van der Waals surface area contributed by atoms with Gasteiger partial charge in [0, 0.05) is 18.4 Å². The Morgan fingerprint density at radius 1 is 1.20 bits per heavy atom. The van der Waals surface area contributed by atoms with Crippen molar-refractivity contribution in [1.82, 2.24) is 4.98 Å². The van der Waals surface area contributed by atoms with E-state index in [2.05, 4.69) is 10.3 Å². The molecule has 2 aromatic rings. The van der Waals surface area contributed by atoms with Crippen molar-refractivity contribution in [3.63, 3.8) is 0 Å². The molecule has 0 bridgehead atoms. The summed E-state index contributed by atoms with van der Waals surface area (Å²) in [6.07, 6.45) is 2.39. The maximum atomic E-state index is 13.4. The van der Waals surface area contributed by atoms with E-state index in [1.165, 1.54) is 18.3 Å². The van der Waals surface area contributed by atoms with Gasteiger partial charge in [-0.25, -0.2) is 22.2 Å². The van der Waals surface area contributed by atoms with Gasteiger partial charge in [0.05, 0.1) is 11.9 Å². The molecule has 0 unspecified atom stereocenters. The van der Waals surface area contributed by atoms with E-state index in [1.807, 2.05) is 0 Å². The molecule has 0 amide bonds. The van der Waals surface area contributed by atoms with Crippen LogP contribution in [0.1, 0.15) is 5.56 Å². The summed E-state index contributed by atoms with van der Waals surface area (Å²) in [6.45, 7) is 0.0729. The molecule has 0 aliphatic rings. The van der Waals surface area contributed by atoms with Gasteiger partial charge in [-0.2, -0.15) is 0 Å². The number of aromatic nitrogens is 1. The number of nitrogens with one attached hydrogen (secondary N) is 1. The smallest absolute Gasteiger partial charge is 0.192 e. The van der Waals surface area contributed by atoms with Gasteiger partial charge in [0.2, 0.25) is 0 Å². The summed E-state index contributed by atoms with van der Waals surface area (Å²) in [6, 6.07) is 6.06. The van der Waals surface area contributed by atoms with Crippen LogP contribution in [0.5, 0.6) is 0 Å². The van der Waals surface area contributed by atoms with E-state index in [0.717, 1.165) is 24.5 Å².